The van der Waals surface area contributed by atoms with E-state index in [9.17, 15) is 0 Å². The van der Waals surface area contributed by atoms with E-state index in [0.29, 0.717) is 12.1 Å². The van der Waals surface area contributed by atoms with Gasteiger partial charge in [-0.25, -0.2) is 4.98 Å². The van der Waals surface area contributed by atoms with Crippen LogP contribution in [0.2, 0.25) is 0 Å². The molecule has 1 aromatic rings. The first-order valence-corrected chi connectivity index (χ1v) is 4.74. The number of nitrogens with zero attached hydrogens (tertiary/aromatic N) is 1. The number of nitrogens with one attached hydrogen (secondary N) is 2. The van der Waals surface area contributed by atoms with Crippen molar-refractivity contribution in [1.82, 2.24) is 10.3 Å². The van der Waals surface area contributed by atoms with Gasteiger partial charge in [-0.1, -0.05) is 0 Å². The second kappa shape index (κ2) is 3.79. The molecule has 1 fully saturated rings. The summed E-state index contributed by atoms with van der Waals surface area (Å²) in [5.74, 6) is 0.853. The van der Waals surface area contributed by atoms with Crippen molar-refractivity contribution in [2.75, 3.05) is 18.4 Å². The first-order chi connectivity index (χ1) is 6.34. The van der Waals surface area contributed by atoms with E-state index in [2.05, 4.69) is 15.6 Å². The van der Waals surface area contributed by atoms with Crippen LogP contribution in [-0.2, 0) is 0 Å². The molecule has 72 valence electrons. The minimum atomic E-state index is 0.465. The van der Waals surface area contributed by atoms with Crippen LogP contribution in [0.3, 0.4) is 0 Å². The summed E-state index contributed by atoms with van der Waals surface area (Å²) in [7, 11) is 0. The van der Waals surface area contributed by atoms with Crippen molar-refractivity contribution in [1.29, 1.82) is 0 Å². The van der Waals surface area contributed by atoms with E-state index in [1.807, 2.05) is 6.92 Å². The molecule has 0 spiro atoms. The van der Waals surface area contributed by atoms with Gasteiger partial charge in [-0.2, -0.15) is 0 Å². The lowest BCUT2D eigenvalue weighted by atomic mass is 10.1. The Morgan fingerprint density at radius 3 is 3.23 bits per heavy atom. The van der Waals surface area contributed by atoms with Crippen molar-refractivity contribution in [3.05, 3.63) is 12.0 Å². The third-order valence-corrected chi connectivity index (χ3v) is 2.25. The maximum Gasteiger partial charge on any atom is 0.294 e. The van der Waals surface area contributed by atoms with E-state index in [4.69, 9.17) is 4.42 Å². The van der Waals surface area contributed by atoms with Crippen LogP contribution in [0, 0.1) is 6.92 Å². The van der Waals surface area contributed by atoms with Crippen LogP contribution >= 0.6 is 0 Å². The highest BCUT2D eigenvalue weighted by molar-refractivity contribution is 5.22. The number of hydrogen-bond acceptors (Lipinski definition) is 4. The third kappa shape index (κ3) is 2.21. The van der Waals surface area contributed by atoms with Gasteiger partial charge in [-0.05, 0) is 26.3 Å². The average Bonchev–Trinajstić information content (AvgIpc) is 2.53. The van der Waals surface area contributed by atoms with Gasteiger partial charge in [-0.3, -0.25) is 0 Å². The molecular formula is C9H15N3O. The molecule has 0 amide bonds. The predicted molar refractivity (Wildman–Crippen MR) is 50.8 cm³/mol. The van der Waals surface area contributed by atoms with Crippen molar-refractivity contribution in [2.45, 2.75) is 25.8 Å². The fraction of sp³-hybridized carbons (Fsp3) is 0.667. The number of hydrogen-bond donors (Lipinski definition) is 2. The SMILES string of the molecule is Cc1cnc(NC2CCCNC2)o1. The van der Waals surface area contributed by atoms with Gasteiger partial charge in [0, 0.05) is 12.6 Å². The number of aryl methyl sites for hydroxylation is 1. The Morgan fingerprint density at radius 2 is 2.62 bits per heavy atom. The monoisotopic (exact) mass is 181 g/mol. The number of anilines is 1. The van der Waals surface area contributed by atoms with Crippen LogP contribution in [0.15, 0.2) is 10.6 Å². The van der Waals surface area contributed by atoms with Crippen LogP contribution in [0.1, 0.15) is 18.6 Å². The van der Waals surface area contributed by atoms with E-state index in [1.54, 1.807) is 6.20 Å². The van der Waals surface area contributed by atoms with Crippen molar-refractivity contribution >= 4 is 6.01 Å². The van der Waals surface area contributed by atoms with Crippen molar-refractivity contribution in [3.8, 4) is 0 Å². The summed E-state index contributed by atoms with van der Waals surface area (Å²) in [5.41, 5.74) is 0. The summed E-state index contributed by atoms with van der Waals surface area (Å²) in [6.45, 7) is 4.03. The van der Waals surface area contributed by atoms with Crippen molar-refractivity contribution in [3.63, 3.8) is 0 Å². The molecule has 4 heteroatoms. The Morgan fingerprint density at radius 1 is 1.69 bits per heavy atom. The molecule has 2 rings (SSSR count). The van der Waals surface area contributed by atoms with Gasteiger partial charge in [0.05, 0.1) is 6.20 Å². The first kappa shape index (κ1) is 8.56. The van der Waals surface area contributed by atoms with E-state index >= 15 is 0 Å². The smallest absolute Gasteiger partial charge is 0.294 e. The normalized spacial score (nSPS) is 23.0. The van der Waals surface area contributed by atoms with Crippen LogP contribution in [0.4, 0.5) is 6.01 Å². The molecule has 13 heavy (non-hydrogen) atoms. The van der Waals surface area contributed by atoms with E-state index < -0.39 is 0 Å². The molecule has 0 aromatic carbocycles. The average molecular weight is 181 g/mol. The molecule has 1 unspecified atom stereocenters. The fourth-order valence-electron chi connectivity index (χ4n) is 1.57. The van der Waals surface area contributed by atoms with Crippen molar-refractivity contribution < 1.29 is 4.42 Å². The molecule has 1 aliphatic heterocycles. The second-order valence-corrected chi connectivity index (χ2v) is 3.46. The van der Waals surface area contributed by atoms with Gasteiger partial charge >= 0.3 is 0 Å². The molecule has 1 atom stereocenters. The molecular weight excluding hydrogens is 166 g/mol. The van der Waals surface area contributed by atoms with E-state index in [0.717, 1.165) is 18.8 Å². The second-order valence-electron chi connectivity index (χ2n) is 3.46. The number of piperidine rings is 1. The largest absolute Gasteiger partial charge is 0.429 e. The molecule has 0 bridgehead atoms. The summed E-state index contributed by atoms with van der Waals surface area (Å²) in [6, 6.07) is 1.11. The lowest BCUT2D eigenvalue weighted by Crippen LogP contribution is -2.38. The van der Waals surface area contributed by atoms with Gasteiger partial charge < -0.3 is 15.1 Å². The first-order valence-electron chi connectivity index (χ1n) is 4.74. The highest BCUT2D eigenvalue weighted by Crippen LogP contribution is 2.11. The van der Waals surface area contributed by atoms with Crippen molar-refractivity contribution in [2.24, 2.45) is 0 Å². The predicted octanol–water partition coefficient (Wildman–Crippen LogP) is 1.15. The molecule has 0 aliphatic carbocycles. The zero-order valence-corrected chi connectivity index (χ0v) is 7.84. The lowest BCUT2D eigenvalue weighted by molar-refractivity contribution is 0.459. The molecule has 2 N–H and O–H groups in total. The highest BCUT2D eigenvalue weighted by Gasteiger charge is 2.14. The topological polar surface area (TPSA) is 50.1 Å². The molecule has 1 aliphatic rings. The Kier molecular flexibility index (Phi) is 2.49. The number of oxazole rings is 1. The summed E-state index contributed by atoms with van der Waals surface area (Å²) in [4.78, 5) is 4.10. The molecule has 1 saturated heterocycles. The van der Waals surface area contributed by atoms with Crippen LogP contribution in [-0.4, -0.2) is 24.1 Å². The number of aromatic nitrogens is 1. The summed E-state index contributed by atoms with van der Waals surface area (Å²) < 4.78 is 5.34. The van der Waals surface area contributed by atoms with Gasteiger partial charge in [0.1, 0.15) is 5.76 Å². The lowest BCUT2D eigenvalue weighted by Gasteiger charge is -2.22. The maximum absolute atomic E-state index is 5.34. The van der Waals surface area contributed by atoms with Crippen LogP contribution in [0.5, 0.6) is 0 Å². The molecule has 0 radical (unpaired) electrons. The zero-order valence-electron chi connectivity index (χ0n) is 7.84. The molecule has 4 nitrogen and oxygen atoms in total. The standard InChI is InChI=1S/C9H15N3O/c1-7-5-11-9(13-7)12-8-3-2-4-10-6-8/h5,8,10H,2-4,6H2,1H3,(H,11,12). The van der Waals surface area contributed by atoms with Crippen LogP contribution < -0.4 is 10.6 Å². The Hall–Kier alpha value is -1.03. The number of rotatable bonds is 2. The highest BCUT2D eigenvalue weighted by atomic mass is 16.4. The summed E-state index contributed by atoms with van der Waals surface area (Å²) in [6.07, 6.45) is 4.14. The molecule has 2 heterocycles. The summed E-state index contributed by atoms with van der Waals surface area (Å²) in [5, 5.41) is 6.59. The third-order valence-electron chi connectivity index (χ3n) is 2.25. The Balaban J connectivity index is 1.89. The van der Waals surface area contributed by atoms with Gasteiger partial charge in [0.25, 0.3) is 6.01 Å². The minimum absolute atomic E-state index is 0.465. The van der Waals surface area contributed by atoms with Gasteiger partial charge in [-0.15, -0.1) is 0 Å². The minimum Gasteiger partial charge on any atom is -0.429 e. The quantitative estimate of drug-likeness (QED) is 0.718. The zero-order chi connectivity index (χ0) is 9.10. The maximum atomic E-state index is 5.34. The van der Waals surface area contributed by atoms with Gasteiger partial charge in [0.2, 0.25) is 0 Å². The Labute approximate surface area is 77.7 Å². The van der Waals surface area contributed by atoms with E-state index in [-0.39, 0.29) is 0 Å². The molecule has 1 aromatic heterocycles. The van der Waals surface area contributed by atoms with Gasteiger partial charge in [0.15, 0.2) is 0 Å². The summed E-state index contributed by atoms with van der Waals surface area (Å²) >= 11 is 0. The molecule has 0 saturated carbocycles. The van der Waals surface area contributed by atoms with E-state index in [1.165, 1.54) is 12.8 Å². The Bertz CT molecular complexity index is 266. The van der Waals surface area contributed by atoms with Crippen LogP contribution in [0.25, 0.3) is 0 Å². The fourth-order valence-corrected chi connectivity index (χ4v) is 1.57.